The van der Waals surface area contributed by atoms with Crippen LogP contribution < -0.4 is 10.6 Å². The van der Waals surface area contributed by atoms with E-state index >= 15 is 0 Å². The lowest BCUT2D eigenvalue weighted by atomic mass is 10.2. The minimum Gasteiger partial charge on any atom is -0.383 e. The summed E-state index contributed by atoms with van der Waals surface area (Å²) in [6.45, 7) is 3.85. The third kappa shape index (κ3) is 3.24. The van der Waals surface area contributed by atoms with E-state index in [4.69, 9.17) is 15.2 Å². The monoisotopic (exact) mass is 371 g/mol. The van der Waals surface area contributed by atoms with Crippen molar-refractivity contribution in [1.82, 2.24) is 24.1 Å². The van der Waals surface area contributed by atoms with Crippen molar-refractivity contribution in [1.29, 1.82) is 0 Å². The van der Waals surface area contributed by atoms with E-state index in [9.17, 15) is 4.79 Å². The highest BCUT2D eigenvalue weighted by molar-refractivity contribution is 5.99. The molecule has 0 radical (unpaired) electrons. The first-order valence-electron chi connectivity index (χ1n) is 8.70. The first-order chi connectivity index (χ1) is 13.2. The number of fused-ring (bicyclic) bond motifs is 1. The Morgan fingerprint density at radius 3 is 2.93 bits per heavy atom. The third-order valence-corrected chi connectivity index (χ3v) is 4.50. The molecule has 0 bridgehead atoms. The van der Waals surface area contributed by atoms with E-state index in [0.29, 0.717) is 43.5 Å². The van der Waals surface area contributed by atoms with Crippen LogP contribution in [-0.2, 0) is 16.0 Å². The maximum Gasteiger partial charge on any atom is 0.269 e. The Hall–Kier alpha value is -2.98. The van der Waals surface area contributed by atoms with Gasteiger partial charge in [-0.3, -0.25) is 13.9 Å². The molecule has 3 aromatic rings. The van der Waals surface area contributed by atoms with Crippen molar-refractivity contribution >= 4 is 17.4 Å². The number of rotatable bonds is 6. The molecule has 0 saturated carbocycles. The van der Waals surface area contributed by atoms with Crippen molar-refractivity contribution in [2.24, 2.45) is 5.73 Å². The standard InChI is InChI=1S/C17H21N7O3/c1-26-7-6-23-11-12(10-20-23)14-13(15(18)25)21-17-16(19-2-3-24(14)17)22-4-8-27-9-5-22/h2-3,10-11H,4-9H2,1H3,(H2,18,25). The molecule has 10 heteroatoms. The zero-order chi connectivity index (χ0) is 18.8. The van der Waals surface area contributed by atoms with Crippen LogP contribution in [-0.4, -0.2) is 70.1 Å². The van der Waals surface area contributed by atoms with Crippen LogP contribution in [0.3, 0.4) is 0 Å². The van der Waals surface area contributed by atoms with Crippen LogP contribution in [0.4, 0.5) is 5.82 Å². The number of nitrogens with two attached hydrogens (primary N) is 1. The van der Waals surface area contributed by atoms with E-state index in [2.05, 4.69) is 20.0 Å². The van der Waals surface area contributed by atoms with Crippen LogP contribution in [0.2, 0.25) is 0 Å². The fourth-order valence-electron chi connectivity index (χ4n) is 3.20. The molecule has 4 heterocycles. The van der Waals surface area contributed by atoms with Crippen LogP contribution in [0.1, 0.15) is 10.5 Å². The number of ether oxygens (including phenoxy) is 2. The van der Waals surface area contributed by atoms with Crippen molar-refractivity contribution < 1.29 is 14.3 Å². The van der Waals surface area contributed by atoms with Crippen molar-refractivity contribution in [2.75, 3.05) is 44.9 Å². The van der Waals surface area contributed by atoms with Crippen LogP contribution >= 0.6 is 0 Å². The quantitative estimate of drug-likeness (QED) is 0.657. The second-order valence-electron chi connectivity index (χ2n) is 6.20. The summed E-state index contributed by atoms with van der Waals surface area (Å²) in [6.07, 6.45) is 7.02. The van der Waals surface area contributed by atoms with Crippen molar-refractivity contribution in [3.05, 3.63) is 30.5 Å². The van der Waals surface area contributed by atoms with Crippen molar-refractivity contribution in [3.63, 3.8) is 0 Å². The van der Waals surface area contributed by atoms with Gasteiger partial charge in [-0.15, -0.1) is 0 Å². The first kappa shape index (κ1) is 17.4. The maximum atomic E-state index is 12.1. The highest BCUT2D eigenvalue weighted by Crippen LogP contribution is 2.28. The van der Waals surface area contributed by atoms with E-state index in [1.54, 1.807) is 30.4 Å². The number of nitrogens with zero attached hydrogens (tertiary/aromatic N) is 6. The average Bonchev–Trinajstić information content (AvgIpc) is 3.31. The number of hydrogen-bond donors (Lipinski definition) is 1. The lowest BCUT2D eigenvalue weighted by molar-refractivity contribution is 0.0996. The van der Waals surface area contributed by atoms with Crippen LogP contribution in [0.5, 0.6) is 0 Å². The number of carbonyl (C=O) groups is 1. The van der Waals surface area contributed by atoms with Gasteiger partial charge in [0.2, 0.25) is 0 Å². The summed E-state index contributed by atoms with van der Waals surface area (Å²) >= 11 is 0. The fourth-order valence-corrected chi connectivity index (χ4v) is 3.20. The number of imidazole rings is 1. The molecule has 0 unspecified atom stereocenters. The molecule has 4 rings (SSSR count). The molecule has 2 N–H and O–H groups in total. The SMILES string of the molecule is COCCn1cc(-c2c(C(N)=O)nc3c(N4CCOCC4)nccn23)cn1. The average molecular weight is 371 g/mol. The summed E-state index contributed by atoms with van der Waals surface area (Å²) < 4.78 is 14.1. The van der Waals surface area contributed by atoms with Gasteiger partial charge in [0, 0.05) is 44.4 Å². The third-order valence-electron chi connectivity index (χ3n) is 4.50. The Balaban J connectivity index is 1.83. The summed E-state index contributed by atoms with van der Waals surface area (Å²) in [5.41, 5.74) is 7.77. The summed E-state index contributed by atoms with van der Waals surface area (Å²) in [6, 6.07) is 0. The van der Waals surface area contributed by atoms with Gasteiger partial charge in [0.25, 0.3) is 5.91 Å². The van der Waals surface area contributed by atoms with Gasteiger partial charge < -0.3 is 20.1 Å². The predicted molar refractivity (Wildman–Crippen MR) is 97.6 cm³/mol. The van der Waals surface area contributed by atoms with Gasteiger partial charge in [0.15, 0.2) is 17.2 Å². The fraction of sp³-hybridized carbons (Fsp3) is 0.412. The summed E-state index contributed by atoms with van der Waals surface area (Å²) in [4.78, 5) is 23.2. The van der Waals surface area contributed by atoms with E-state index in [1.165, 1.54) is 0 Å². The molecule has 27 heavy (non-hydrogen) atoms. The molecule has 0 aromatic carbocycles. The summed E-state index contributed by atoms with van der Waals surface area (Å²) in [7, 11) is 1.64. The molecular formula is C17H21N7O3. The smallest absolute Gasteiger partial charge is 0.269 e. The lowest BCUT2D eigenvalue weighted by Crippen LogP contribution is -2.37. The van der Waals surface area contributed by atoms with E-state index in [1.807, 2.05) is 10.6 Å². The molecule has 1 saturated heterocycles. The molecule has 142 valence electrons. The Bertz CT molecular complexity index is 959. The van der Waals surface area contributed by atoms with E-state index < -0.39 is 5.91 Å². The molecule has 1 fully saturated rings. The Morgan fingerprint density at radius 1 is 1.37 bits per heavy atom. The van der Waals surface area contributed by atoms with Gasteiger partial charge in [0.05, 0.1) is 38.3 Å². The largest absolute Gasteiger partial charge is 0.383 e. The number of morpholine rings is 1. The molecular weight excluding hydrogens is 350 g/mol. The van der Waals surface area contributed by atoms with E-state index in [0.717, 1.165) is 18.7 Å². The number of methoxy groups -OCH3 is 1. The topological polar surface area (TPSA) is 113 Å². The molecule has 10 nitrogen and oxygen atoms in total. The number of carbonyl (C=O) groups excluding carboxylic acids is 1. The predicted octanol–water partition coefficient (Wildman–Crippen LogP) is 0.175. The summed E-state index contributed by atoms with van der Waals surface area (Å²) in [5, 5.41) is 4.33. The Labute approximate surface area is 155 Å². The molecule has 3 aromatic heterocycles. The number of hydrogen-bond acceptors (Lipinski definition) is 7. The molecule has 1 aliphatic rings. The van der Waals surface area contributed by atoms with Gasteiger partial charge in [-0.2, -0.15) is 5.10 Å². The highest BCUT2D eigenvalue weighted by atomic mass is 16.5. The minimum absolute atomic E-state index is 0.198. The Kier molecular flexibility index (Phi) is 4.73. The maximum absolute atomic E-state index is 12.1. The van der Waals surface area contributed by atoms with Crippen LogP contribution in [0, 0.1) is 0 Å². The van der Waals surface area contributed by atoms with Gasteiger partial charge >= 0.3 is 0 Å². The first-order valence-corrected chi connectivity index (χ1v) is 8.70. The second kappa shape index (κ2) is 7.33. The molecule has 1 aliphatic heterocycles. The van der Waals surface area contributed by atoms with Gasteiger partial charge in [-0.25, -0.2) is 9.97 Å². The summed E-state index contributed by atoms with van der Waals surface area (Å²) in [5.74, 6) is 0.118. The van der Waals surface area contributed by atoms with Gasteiger partial charge in [-0.05, 0) is 0 Å². The molecule has 0 spiro atoms. The number of anilines is 1. The lowest BCUT2D eigenvalue weighted by Gasteiger charge is -2.27. The zero-order valence-electron chi connectivity index (χ0n) is 15.0. The number of aromatic nitrogens is 5. The molecule has 0 aliphatic carbocycles. The van der Waals surface area contributed by atoms with Crippen LogP contribution in [0.15, 0.2) is 24.8 Å². The number of amides is 1. The van der Waals surface area contributed by atoms with Crippen molar-refractivity contribution in [2.45, 2.75) is 6.54 Å². The van der Waals surface area contributed by atoms with Gasteiger partial charge in [0.1, 0.15) is 0 Å². The molecule has 0 atom stereocenters. The van der Waals surface area contributed by atoms with Crippen molar-refractivity contribution in [3.8, 4) is 11.3 Å². The molecule has 1 amide bonds. The minimum atomic E-state index is -0.591. The number of primary amides is 1. The van der Waals surface area contributed by atoms with E-state index in [-0.39, 0.29) is 5.69 Å². The van der Waals surface area contributed by atoms with Crippen LogP contribution in [0.25, 0.3) is 16.9 Å². The van der Waals surface area contributed by atoms with Gasteiger partial charge in [-0.1, -0.05) is 0 Å². The second-order valence-corrected chi connectivity index (χ2v) is 6.20. The normalized spacial score (nSPS) is 14.8. The highest BCUT2D eigenvalue weighted by Gasteiger charge is 2.24. The zero-order valence-corrected chi connectivity index (χ0v) is 15.0. The Morgan fingerprint density at radius 2 is 2.19 bits per heavy atom.